The van der Waals surface area contributed by atoms with E-state index < -0.39 is 69.2 Å². The molecule has 1 saturated heterocycles. The molecule has 1 aromatic rings. The Morgan fingerprint density at radius 2 is 1.71 bits per heavy atom. The highest BCUT2D eigenvalue weighted by atomic mass is 32.2. The lowest BCUT2D eigenvalue weighted by Gasteiger charge is -2.31. The number of hydrogen-bond acceptors (Lipinski definition) is 8. The van der Waals surface area contributed by atoms with E-state index in [1.807, 2.05) is 12.1 Å². The summed E-state index contributed by atoms with van der Waals surface area (Å²) in [5.41, 5.74) is 3.36. The zero-order valence-electron chi connectivity index (χ0n) is 28.6. The standard InChI is InChI=1S/C35H49N5O8S/c1-5-22(4)31(33(43)38-49(46,47)26-15-16-26)37-32(42)28-17-25-19-40(28)34(44)30(21(2)3)36-29(41)14-9-7-6-8-11-23-12-10-13-24-18-39(20-27(23)24)35(45)48-25/h5,10,12-13,21-22,25-26,28,30-31H,1,6-9,11,14-20H2,2-4H3,(H,36,41)(H,37,42)(H,38,43)/t22-,25+,28-,30-,31?/m0/s1. The molecule has 1 aliphatic carbocycles. The lowest BCUT2D eigenvalue weighted by Crippen LogP contribution is -2.58. The van der Waals surface area contributed by atoms with Crippen LogP contribution in [0.4, 0.5) is 4.79 Å². The molecule has 49 heavy (non-hydrogen) atoms. The quantitative estimate of drug-likeness (QED) is 0.348. The number of aryl methyl sites for hydroxylation is 1. The average Bonchev–Trinajstić information content (AvgIpc) is 3.70. The molecule has 0 aromatic heterocycles. The zero-order chi connectivity index (χ0) is 35.5. The Kier molecular flexibility index (Phi) is 11.4. The van der Waals surface area contributed by atoms with Crippen LogP contribution in [0.3, 0.4) is 0 Å². The highest BCUT2D eigenvalue weighted by molar-refractivity contribution is 7.90. The van der Waals surface area contributed by atoms with Gasteiger partial charge >= 0.3 is 6.09 Å². The summed E-state index contributed by atoms with van der Waals surface area (Å²) in [5.74, 6) is -3.36. The second-order valence-corrected chi connectivity index (χ2v) is 16.1. The van der Waals surface area contributed by atoms with Gasteiger partial charge in [-0.1, -0.05) is 57.9 Å². The second kappa shape index (κ2) is 15.3. The number of benzene rings is 1. The van der Waals surface area contributed by atoms with Crippen LogP contribution in [-0.4, -0.2) is 84.0 Å². The summed E-state index contributed by atoms with van der Waals surface area (Å²) in [6.07, 6.45) is 5.44. The number of carbonyl (C=O) groups is 5. The van der Waals surface area contributed by atoms with Crippen molar-refractivity contribution in [1.29, 1.82) is 0 Å². The largest absolute Gasteiger partial charge is 0.444 e. The van der Waals surface area contributed by atoms with E-state index in [-0.39, 0.29) is 31.2 Å². The predicted octanol–water partition coefficient (Wildman–Crippen LogP) is 2.67. The highest BCUT2D eigenvalue weighted by Gasteiger charge is 2.46. The van der Waals surface area contributed by atoms with Gasteiger partial charge in [0, 0.05) is 31.8 Å². The van der Waals surface area contributed by atoms with Crippen molar-refractivity contribution >= 4 is 39.7 Å². The van der Waals surface area contributed by atoms with Crippen LogP contribution in [0.25, 0.3) is 0 Å². The molecule has 2 fully saturated rings. The molecule has 0 radical (unpaired) electrons. The molecular weight excluding hydrogens is 650 g/mol. The smallest absolute Gasteiger partial charge is 0.410 e. The Morgan fingerprint density at radius 3 is 2.39 bits per heavy atom. The van der Waals surface area contributed by atoms with Gasteiger partial charge in [-0.2, -0.15) is 0 Å². The van der Waals surface area contributed by atoms with Crippen molar-refractivity contribution < 1.29 is 37.1 Å². The molecule has 4 bridgehead atoms. The summed E-state index contributed by atoms with van der Waals surface area (Å²) in [5, 5.41) is 4.87. The number of rotatable bonds is 8. The minimum atomic E-state index is -3.89. The van der Waals surface area contributed by atoms with Crippen LogP contribution in [0.2, 0.25) is 0 Å². The van der Waals surface area contributed by atoms with Crippen molar-refractivity contribution in [2.24, 2.45) is 11.8 Å². The minimum Gasteiger partial charge on any atom is -0.444 e. The summed E-state index contributed by atoms with van der Waals surface area (Å²) in [7, 11) is -3.89. The first-order valence-corrected chi connectivity index (χ1v) is 19.0. The molecular formula is C35H49N5O8S. The van der Waals surface area contributed by atoms with Crippen molar-refractivity contribution in [3.8, 4) is 0 Å². The molecule has 3 heterocycles. The summed E-state index contributed by atoms with van der Waals surface area (Å²) in [4.78, 5) is 70.7. The fraction of sp³-hybridized carbons (Fsp3) is 0.629. The molecule has 268 valence electrons. The van der Waals surface area contributed by atoms with Crippen LogP contribution in [0.1, 0.15) is 88.8 Å². The number of nitrogens with one attached hydrogen (secondary N) is 3. The van der Waals surface area contributed by atoms with E-state index in [0.29, 0.717) is 32.4 Å². The third kappa shape index (κ3) is 8.63. The highest BCUT2D eigenvalue weighted by Crippen LogP contribution is 2.31. The van der Waals surface area contributed by atoms with E-state index in [4.69, 9.17) is 4.74 Å². The van der Waals surface area contributed by atoms with Gasteiger partial charge in [0.25, 0.3) is 5.91 Å². The lowest BCUT2D eigenvalue weighted by molar-refractivity contribution is -0.143. The number of nitrogens with zero attached hydrogens (tertiary/aromatic N) is 2. The van der Waals surface area contributed by atoms with Crippen LogP contribution in [-0.2, 0) is 53.4 Å². The summed E-state index contributed by atoms with van der Waals surface area (Å²) >= 11 is 0. The molecule has 1 saturated carbocycles. The Morgan fingerprint density at radius 1 is 1.02 bits per heavy atom. The monoisotopic (exact) mass is 699 g/mol. The Balaban J connectivity index is 1.40. The van der Waals surface area contributed by atoms with E-state index in [1.165, 1.54) is 16.5 Å². The number of sulfonamides is 1. The summed E-state index contributed by atoms with van der Waals surface area (Å²) < 4.78 is 33.1. The van der Waals surface area contributed by atoms with Gasteiger partial charge in [-0.15, -0.1) is 6.58 Å². The topological polar surface area (TPSA) is 171 Å². The van der Waals surface area contributed by atoms with Crippen LogP contribution >= 0.6 is 0 Å². The van der Waals surface area contributed by atoms with Crippen molar-refractivity contribution in [3.05, 3.63) is 47.5 Å². The lowest BCUT2D eigenvalue weighted by atomic mass is 9.98. The molecule has 1 unspecified atom stereocenters. The zero-order valence-corrected chi connectivity index (χ0v) is 29.4. The minimum absolute atomic E-state index is 0.0503. The first-order chi connectivity index (χ1) is 23.3. The summed E-state index contributed by atoms with van der Waals surface area (Å²) in [6.45, 7) is 9.62. The summed E-state index contributed by atoms with van der Waals surface area (Å²) in [6, 6.07) is 2.68. The number of carbonyl (C=O) groups excluding carboxylic acids is 5. The second-order valence-electron chi connectivity index (χ2n) is 14.2. The molecule has 5 atom stereocenters. The van der Waals surface area contributed by atoms with Gasteiger partial charge in [0.15, 0.2) is 0 Å². The van der Waals surface area contributed by atoms with Crippen molar-refractivity contribution in [3.63, 3.8) is 0 Å². The fourth-order valence-corrected chi connectivity index (χ4v) is 8.16. The number of ether oxygens (including phenoxy) is 1. The maximum Gasteiger partial charge on any atom is 0.410 e. The van der Waals surface area contributed by atoms with E-state index in [0.717, 1.165) is 36.8 Å². The van der Waals surface area contributed by atoms with Crippen LogP contribution in [0.5, 0.6) is 0 Å². The van der Waals surface area contributed by atoms with Gasteiger partial charge in [0.05, 0.1) is 11.8 Å². The van der Waals surface area contributed by atoms with Crippen LogP contribution in [0.15, 0.2) is 30.9 Å². The molecule has 0 spiro atoms. The maximum absolute atomic E-state index is 14.1. The molecule has 3 aliphatic heterocycles. The van der Waals surface area contributed by atoms with Gasteiger partial charge < -0.3 is 20.3 Å². The third-order valence-corrected chi connectivity index (χ3v) is 11.8. The molecule has 5 amide bonds. The molecule has 13 nitrogen and oxygen atoms in total. The first kappa shape index (κ1) is 36.3. The first-order valence-electron chi connectivity index (χ1n) is 17.4. The Hall–Kier alpha value is -3.94. The van der Waals surface area contributed by atoms with Crippen LogP contribution < -0.4 is 15.4 Å². The average molecular weight is 700 g/mol. The van der Waals surface area contributed by atoms with Gasteiger partial charge in [-0.05, 0) is 54.7 Å². The van der Waals surface area contributed by atoms with Crippen molar-refractivity contribution in [2.45, 2.75) is 121 Å². The van der Waals surface area contributed by atoms with Gasteiger partial charge in [-0.25, -0.2) is 13.2 Å². The van der Waals surface area contributed by atoms with E-state index >= 15 is 0 Å². The Labute approximate surface area is 288 Å². The third-order valence-electron chi connectivity index (χ3n) is 9.99. The molecule has 4 aliphatic rings. The molecule has 5 rings (SSSR count). The SMILES string of the molecule is C=C[C@H](C)C(NC(=O)[C@@H]1C[C@@H]2CN1C(=O)[C@H](C(C)C)NC(=O)CCCCCCc1cccc3c1CN(C3)C(=O)O2)C(=O)NS(=O)(=O)C1CC1. The molecule has 14 heteroatoms. The van der Waals surface area contributed by atoms with Crippen molar-refractivity contribution in [1.82, 2.24) is 25.2 Å². The van der Waals surface area contributed by atoms with Gasteiger partial charge in [0.2, 0.25) is 27.7 Å². The van der Waals surface area contributed by atoms with E-state index in [9.17, 15) is 32.4 Å². The van der Waals surface area contributed by atoms with E-state index in [2.05, 4.69) is 28.0 Å². The van der Waals surface area contributed by atoms with Crippen molar-refractivity contribution in [2.75, 3.05) is 6.54 Å². The maximum atomic E-state index is 14.1. The van der Waals surface area contributed by atoms with Gasteiger partial charge in [0.1, 0.15) is 24.2 Å². The van der Waals surface area contributed by atoms with E-state index in [1.54, 1.807) is 25.7 Å². The molecule has 3 N–H and O–H groups in total. The number of fused-ring (bicyclic) bond motifs is 3. The van der Waals surface area contributed by atoms with Crippen LogP contribution in [0, 0.1) is 11.8 Å². The normalized spacial score (nSPS) is 25.0. The number of amides is 5. The predicted molar refractivity (Wildman–Crippen MR) is 181 cm³/mol. The fourth-order valence-electron chi connectivity index (χ4n) is 6.83. The Bertz CT molecular complexity index is 1580. The van der Waals surface area contributed by atoms with Gasteiger partial charge in [-0.3, -0.25) is 28.8 Å². The number of hydrogen-bond donors (Lipinski definition) is 3. The molecule has 1 aromatic carbocycles.